The molecule has 0 fully saturated rings. The Hall–Kier alpha value is -2.84. The van der Waals surface area contributed by atoms with Crippen molar-refractivity contribution < 1.29 is 4.79 Å². The number of aromatic nitrogens is 1. The number of nitrogens with zero attached hydrogens (tertiary/aromatic N) is 2. The smallest absolute Gasteiger partial charge is 0.230 e. The average molecular weight is 361 g/mol. The van der Waals surface area contributed by atoms with Gasteiger partial charge in [-0.15, -0.1) is 0 Å². The van der Waals surface area contributed by atoms with Crippen LogP contribution in [0.25, 0.3) is 10.9 Å². The maximum atomic E-state index is 12.1. The Morgan fingerprint density at radius 3 is 2.69 bits per heavy atom. The molecule has 3 rings (SSSR count). The highest BCUT2D eigenvalue weighted by molar-refractivity contribution is 8.00. The molecular formula is C21H19N3OS. The normalized spacial score (nSPS) is 10.5. The van der Waals surface area contributed by atoms with Gasteiger partial charge in [-0.25, -0.2) is 4.98 Å². The molecule has 0 spiro atoms. The van der Waals surface area contributed by atoms with E-state index in [0.29, 0.717) is 17.1 Å². The van der Waals surface area contributed by atoms with Gasteiger partial charge in [0.25, 0.3) is 0 Å². The fraction of sp³-hybridized carbons (Fsp3) is 0.190. The lowest BCUT2D eigenvalue weighted by molar-refractivity contribution is -0.118. The molecule has 1 heterocycles. The first-order valence-electron chi connectivity index (χ1n) is 8.33. The molecule has 0 unspecified atom stereocenters. The second kappa shape index (κ2) is 8.03. The van der Waals surface area contributed by atoms with Crippen LogP contribution in [0.5, 0.6) is 0 Å². The van der Waals surface area contributed by atoms with Crippen LogP contribution in [0, 0.1) is 25.2 Å². The van der Waals surface area contributed by atoms with Crippen molar-refractivity contribution in [1.29, 1.82) is 5.26 Å². The highest BCUT2D eigenvalue weighted by atomic mass is 32.2. The largest absolute Gasteiger partial charge is 0.351 e. The van der Waals surface area contributed by atoms with Gasteiger partial charge in [0.05, 0.1) is 16.8 Å². The van der Waals surface area contributed by atoms with Crippen LogP contribution >= 0.6 is 11.8 Å². The van der Waals surface area contributed by atoms with Crippen molar-refractivity contribution in [3.8, 4) is 6.07 Å². The lowest BCUT2D eigenvalue weighted by Gasteiger charge is -2.09. The van der Waals surface area contributed by atoms with E-state index >= 15 is 0 Å². The maximum absolute atomic E-state index is 12.1. The zero-order chi connectivity index (χ0) is 18.5. The Balaban J connectivity index is 1.72. The van der Waals surface area contributed by atoms with Gasteiger partial charge >= 0.3 is 0 Å². The lowest BCUT2D eigenvalue weighted by atomic mass is 10.0. The van der Waals surface area contributed by atoms with Gasteiger partial charge in [0.2, 0.25) is 5.91 Å². The van der Waals surface area contributed by atoms with Gasteiger partial charge in [-0.05, 0) is 36.6 Å². The van der Waals surface area contributed by atoms with Gasteiger partial charge in [-0.1, -0.05) is 54.2 Å². The number of rotatable bonds is 5. The topological polar surface area (TPSA) is 65.8 Å². The summed E-state index contributed by atoms with van der Waals surface area (Å²) in [5, 5.41) is 13.9. The molecule has 0 radical (unpaired) electrons. The summed E-state index contributed by atoms with van der Waals surface area (Å²) in [6.45, 7) is 4.56. The van der Waals surface area contributed by atoms with Crippen molar-refractivity contribution in [3.05, 3.63) is 70.8 Å². The molecule has 0 saturated heterocycles. The van der Waals surface area contributed by atoms with Crippen LogP contribution in [-0.4, -0.2) is 16.6 Å². The van der Waals surface area contributed by atoms with Crippen molar-refractivity contribution in [2.24, 2.45) is 0 Å². The minimum Gasteiger partial charge on any atom is -0.351 e. The highest BCUT2D eigenvalue weighted by Gasteiger charge is 2.12. The number of aryl methyl sites for hydroxylation is 2. The summed E-state index contributed by atoms with van der Waals surface area (Å²) in [6.07, 6.45) is 0. The Kier molecular flexibility index (Phi) is 5.55. The van der Waals surface area contributed by atoms with Gasteiger partial charge in [0.1, 0.15) is 11.1 Å². The first-order valence-corrected chi connectivity index (χ1v) is 9.31. The van der Waals surface area contributed by atoms with Crippen molar-refractivity contribution in [3.63, 3.8) is 0 Å². The average Bonchev–Trinajstić information content (AvgIpc) is 2.68. The standard InChI is InChI=1S/C21H19N3OS/c1-14-8-9-17-10-18(11-22)21(24-20(17)15(14)2)26-13-19(25)23-12-16-6-4-3-5-7-16/h3-10H,12-13H2,1-2H3,(H,23,25). The molecule has 1 amide bonds. The number of pyridine rings is 1. The summed E-state index contributed by atoms with van der Waals surface area (Å²) in [5.41, 5.74) is 4.70. The van der Waals surface area contributed by atoms with Crippen LogP contribution in [0.15, 0.2) is 53.6 Å². The molecule has 0 aliphatic heterocycles. The van der Waals surface area contributed by atoms with Gasteiger partial charge in [0, 0.05) is 11.9 Å². The molecule has 3 aromatic rings. The van der Waals surface area contributed by atoms with E-state index in [1.807, 2.05) is 62.4 Å². The third-order valence-electron chi connectivity index (χ3n) is 4.27. The van der Waals surface area contributed by atoms with Crippen LogP contribution in [0.3, 0.4) is 0 Å². The summed E-state index contributed by atoms with van der Waals surface area (Å²) >= 11 is 1.30. The number of amides is 1. The van der Waals surface area contributed by atoms with E-state index in [0.717, 1.165) is 27.6 Å². The predicted octanol–water partition coefficient (Wildman–Crippen LogP) is 4.13. The van der Waals surface area contributed by atoms with Gasteiger partial charge in [-0.3, -0.25) is 4.79 Å². The number of nitrogens with one attached hydrogen (secondary N) is 1. The molecule has 0 atom stereocenters. The first-order chi connectivity index (χ1) is 12.6. The Morgan fingerprint density at radius 1 is 1.19 bits per heavy atom. The van der Waals surface area contributed by atoms with Crippen LogP contribution in [0.4, 0.5) is 0 Å². The van der Waals surface area contributed by atoms with Gasteiger partial charge < -0.3 is 5.32 Å². The van der Waals surface area contributed by atoms with E-state index in [2.05, 4.69) is 16.4 Å². The molecule has 1 aromatic heterocycles. The number of thioether (sulfide) groups is 1. The highest BCUT2D eigenvalue weighted by Crippen LogP contribution is 2.27. The molecule has 0 saturated carbocycles. The second-order valence-electron chi connectivity index (χ2n) is 6.08. The Bertz CT molecular complexity index is 994. The second-order valence-corrected chi connectivity index (χ2v) is 7.05. The number of benzene rings is 2. The predicted molar refractivity (Wildman–Crippen MR) is 105 cm³/mol. The molecule has 0 aliphatic carbocycles. The molecule has 0 bridgehead atoms. The van der Waals surface area contributed by atoms with E-state index < -0.39 is 0 Å². The number of carbonyl (C=O) groups is 1. The fourth-order valence-corrected chi connectivity index (χ4v) is 3.42. The van der Waals surface area contributed by atoms with Crippen LogP contribution in [0.2, 0.25) is 0 Å². The summed E-state index contributed by atoms with van der Waals surface area (Å²) in [4.78, 5) is 16.8. The quantitative estimate of drug-likeness (QED) is 0.694. The minimum absolute atomic E-state index is 0.0781. The molecule has 2 aromatic carbocycles. The number of hydrogen-bond donors (Lipinski definition) is 1. The number of fused-ring (bicyclic) bond motifs is 1. The van der Waals surface area contributed by atoms with Crippen LogP contribution < -0.4 is 5.32 Å². The SMILES string of the molecule is Cc1ccc2cc(C#N)c(SCC(=O)NCc3ccccc3)nc2c1C. The molecule has 4 nitrogen and oxygen atoms in total. The number of hydrogen-bond acceptors (Lipinski definition) is 4. The fourth-order valence-electron chi connectivity index (χ4n) is 2.64. The minimum atomic E-state index is -0.0781. The number of carbonyl (C=O) groups excluding carboxylic acids is 1. The monoisotopic (exact) mass is 361 g/mol. The van der Waals surface area contributed by atoms with Crippen molar-refractivity contribution >= 4 is 28.6 Å². The molecule has 130 valence electrons. The van der Waals surface area contributed by atoms with Crippen molar-refractivity contribution in [1.82, 2.24) is 10.3 Å². The van der Waals surface area contributed by atoms with Crippen LogP contribution in [0.1, 0.15) is 22.3 Å². The zero-order valence-electron chi connectivity index (χ0n) is 14.7. The summed E-state index contributed by atoms with van der Waals surface area (Å²) in [6, 6.07) is 17.8. The molecule has 5 heteroatoms. The summed E-state index contributed by atoms with van der Waals surface area (Å²) in [5.74, 6) is 0.149. The van der Waals surface area contributed by atoms with E-state index in [4.69, 9.17) is 0 Å². The lowest BCUT2D eigenvalue weighted by Crippen LogP contribution is -2.24. The molecule has 1 N–H and O–H groups in total. The zero-order valence-corrected chi connectivity index (χ0v) is 15.6. The van der Waals surface area contributed by atoms with Crippen molar-refractivity contribution in [2.45, 2.75) is 25.4 Å². The summed E-state index contributed by atoms with van der Waals surface area (Å²) < 4.78 is 0. The van der Waals surface area contributed by atoms with Gasteiger partial charge in [0.15, 0.2) is 0 Å². The van der Waals surface area contributed by atoms with E-state index in [1.54, 1.807) is 0 Å². The first kappa shape index (κ1) is 18.0. The Labute approximate surface area is 157 Å². The number of nitriles is 1. The third kappa shape index (κ3) is 4.04. The Morgan fingerprint density at radius 2 is 1.96 bits per heavy atom. The third-order valence-corrected chi connectivity index (χ3v) is 5.26. The van der Waals surface area contributed by atoms with Crippen molar-refractivity contribution in [2.75, 3.05) is 5.75 Å². The van der Waals surface area contributed by atoms with E-state index in [-0.39, 0.29) is 11.7 Å². The maximum Gasteiger partial charge on any atom is 0.230 e. The van der Waals surface area contributed by atoms with Gasteiger partial charge in [-0.2, -0.15) is 5.26 Å². The molecular weight excluding hydrogens is 342 g/mol. The molecule has 26 heavy (non-hydrogen) atoms. The molecule has 0 aliphatic rings. The van der Waals surface area contributed by atoms with Crippen LogP contribution in [-0.2, 0) is 11.3 Å². The van der Waals surface area contributed by atoms with E-state index in [9.17, 15) is 10.1 Å². The van der Waals surface area contributed by atoms with E-state index in [1.165, 1.54) is 11.8 Å². The summed E-state index contributed by atoms with van der Waals surface area (Å²) in [7, 11) is 0.